The van der Waals surface area contributed by atoms with E-state index in [1.165, 1.54) is 94.5 Å². The Labute approximate surface area is 494 Å². The molecule has 85 heavy (non-hydrogen) atoms. The Kier molecular flexibility index (Phi) is 17.5. The number of ketones is 4. The molecule has 5 aliphatic carbocycles. The fraction of sp³-hybridized carbons (Fsp3) is 0.600. The lowest BCUT2D eigenvalue weighted by Gasteiger charge is -2.47. The number of ether oxygens (including phenoxy) is 4. The lowest BCUT2D eigenvalue weighted by atomic mass is 9.59. The highest BCUT2D eigenvalue weighted by Gasteiger charge is 2.69. The summed E-state index contributed by atoms with van der Waals surface area (Å²) in [5, 5.41) is 116. The quantitative estimate of drug-likeness (QED) is 0.143. The molecule has 4 spiro atoms. The van der Waals surface area contributed by atoms with Gasteiger partial charge in [0.05, 0.1) is 37.6 Å². The molecular weight excluding hydrogens is 1100 g/mol. The van der Waals surface area contributed by atoms with E-state index in [2.05, 4.69) is 0 Å². The molecule has 0 aromatic carbocycles. The summed E-state index contributed by atoms with van der Waals surface area (Å²) in [7, 11) is 0. The molecule has 0 aromatic rings. The summed E-state index contributed by atoms with van der Waals surface area (Å²) >= 11 is 0. The Bertz CT molecular complexity index is 3070. The zero-order valence-corrected chi connectivity index (χ0v) is 49.3. The van der Waals surface area contributed by atoms with Crippen LogP contribution in [-0.2, 0) is 47.7 Å². The van der Waals surface area contributed by atoms with Gasteiger partial charge in [0.25, 0.3) is 0 Å². The molecule has 0 saturated carbocycles. The van der Waals surface area contributed by atoms with Crippen molar-refractivity contribution in [1.82, 2.24) is 0 Å². The van der Waals surface area contributed by atoms with Crippen molar-refractivity contribution in [2.45, 2.75) is 160 Å². The smallest absolute Gasteiger partial charge is 0.177 e. The second-order valence-corrected chi connectivity index (χ2v) is 26.2. The summed E-state index contributed by atoms with van der Waals surface area (Å²) in [6, 6.07) is 0. The zero-order valence-electron chi connectivity index (χ0n) is 49.3. The number of allylic oxidation sites excluding steroid dienone is 6. The number of carbonyl (C=O) groups is 6. The summed E-state index contributed by atoms with van der Waals surface area (Å²) in [5.74, 6) is -12.6. The summed E-state index contributed by atoms with van der Waals surface area (Å²) in [5.41, 5.74) is -10.6. The van der Waals surface area contributed by atoms with Crippen molar-refractivity contribution in [3.8, 4) is 0 Å². The highest BCUT2D eigenvalue weighted by molar-refractivity contribution is 5.97. The molecule has 0 amide bonds. The molecule has 4 aliphatic heterocycles. The topological polar surface area (TPSA) is 342 Å². The van der Waals surface area contributed by atoms with Crippen LogP contribution in [0.1, 0.15) is 88.0 Å². The SMILES string of the molecule is C/C1=C/C=C\[C@@H]2C=C(CO)[C@@H](C)C[C@]23O[C@H](O)[C@@H](C3=O)[C@@H](O)/C=C\[C@]2(C)C=C(C=O)[C@@H](C)C[C@]23O[C@H](O)[C@@H](C3=O)[C@@H](O)/C(C)=C\C=C/[C@@]2(C)C=C(CO)[C@@H](C)C[C@]23O[C@@H](O)[C@H](C3=O)[C@@H](O)/C=C\[C@@]2(C)C=C(C=O)[C@H](C)C[C@@]23O[C@H](O)[C@@H](C3=O)[C@@H]1O. The van der Waals surface area contributed by atoms with E-state index in [-0.39, 0.29) is 48.0 Å². The first-order valence-corrected chi connectivity index (χ1v) is 29.3. The van der Waals surface area contributed by atoms with Crippen LogP contribution in [0.2, 0.25) is 0 Å². The molecule has 10 N–H and O–H groups in total. The molecule has 4 heterocycles. The van der Waals surface area contributed by atoms with Crippen molar-refractivity contribution < 1.29 is 98.8 Å². The molecule has 9 rings (SSSR count). The largest absolute Gasteiger partial charge is 0.392 e. The molecule has 8 bridgehead atoms. The normalized spacial score (nSPS) is 50.6. The Balaban J connectivity index is 1.17. The van der Waals surface area contributed by atoms with E-state index in [0.717, 1.165) is 0 Å². The van der Waals surface area contributed by atoms with Gasteiger partial charge in [-0.25, -0.2) is 0 Å². The number of hydrogen-bond acceptors (Lipinski definition) is 20. The fourth-order valence-electron chi connectivity index (χ4n) is 15.5. The van der Waals surface area contributed by atoms with Crippen LogP contribution in [0.15, 0.2) is 119 Å². The maximum atomic E-state index is 15.1. The van der Waals surface area contributed by atoms with E-state index in [0.29, 0.717) is 23.7 Å². The van der Waals surface area contributed by atoms with E-state index in [4.69, 9.17) is 18.9 Å². The van der Waals surface area contributed by atoms with E-state index < -0.39 is 178 Å². The van der Waals surface area contributed by atoms with Gasteiger partial charge in [-0.3, -0.25) is 28.8 Å². The zero-order chi connectivity index (χ0) is 62.5. The second kappa shape index (κ2) is 23.1. The average Bonchev–Trinajstić information content (AvgIpc) is 1.73. The monoisotopic (exact) mass is 1180 g/mol. The Morgan fingerprint density at radius 3 is 1.33 bits per heavy atom. The first kappa shape index (κ1) is 64.3. The lowest BCUT2D eigenvalue weighted by Crippen LogP contribution is -2.55. The number of carbonyl (C=O) groups excluding carboxylic acids is 6. The molecule has 4 saturated heterocycles. The van der Waals surface area contributed by atoms with Crippen molar-refractivity contribution in [2.75, 3.05) is 13.2 Å². The third-order valence-electron chi connectivity index (χ3n) is 20.8. The third kappa shape index (κ3) is 10.00. The Hall–Kier alpha value is -5.14. The van der Waals surface area contributed by atoms with Gasteiger partial charge in [0, 0.05) is 22.2 Å². The van der Waals surface area contributed by atoms with Gasteiger partial charge in [-0.2, -0.15) is 0 Å². The number of aliphatic hydroxyl groups excluding tert-OH is 10. The summed E-state index contributed by atoms with van der Waals surface area (Å²) in [6.45, 7) is 13.8. The van der Waals surface area contributed by atoms with Crippen LogP contribution in [0.4, 0.5) is 0 Å². The molecule has 0 aromatic heterocycles. The first-order chi connectivity index (χ1) is 39.8. The summed E-state index contributed by atoms with van der Waals surface area (Å²) < 4.78 is 25.0. The number of hydrogen-bond donors (Lipinski definition) is 10. The van der Waals surface area contributed by atoms with Crippen LogP contribution in [0.5, 0.6) is 0 Å². The molecule has 4 fully saturated rings. The predicted molar refractivity (Wildman–Crippen MR) is 303 cm³/mol. The second-order valence-electron chi connectivity index (χ2n) is 26.2. The molecule has 0 radical (unpaired) electrons. The van der Waals surface area contributed by atoms with Gasteiger partial charge < -0.3 is 70.0 Å². The number of rotatable bonds is 4. The van der Waals surface area contributed by atoms with Gasteiger partial charge in [0.1, 0.15) is 58.6 Å². The third-order valence-corrected chi connectivity index (χ3v) is 20.8. The maximum Gasteiger partial charge on any atom is 0.177 e. The Morgan fingerprint density at radius 2 is 0.871 bits per heavy atom. The standard InChI is InChI=1S/C65H82O20/c1-32-12-10-14-42-20-38(28-66)34(3)21-62(42)51(74)45(55(78)82-62)43(70)15-18-60(8)26-40(30-68)37(6)24-65(60)54(77)48(58(81)85-65)50(73)33(2)13-11-17-59(7)25-39(29-67)35(4)22-63(59)52(75)46(56(79)83-63)44(71)16-19-61(9)27-41(31-69)36(5)23-64(61)53(76)47(49(32)72)57(80)84-64/h10-20,25-27,30-31,34-37,42-50,55-58,66-67,70-73,78-81H,21-24,28-29H2,1-9H3/b14-10-,17-11-,18-15-,19-16-,32-12-,33-13-/t34-,35-,36+,37-,42+,43-,44-,45+,46-,47+,48+,49+,50-,55-,56+,57-,58-,59-,60+,61-,62-,63+,64-,65+/m0/s1. The van der Waals surface area contributed by atoms with E-state index >= 15 is 14.4 Å². The molecule has 20 nitrogen and oxygen atoms in total. The van der Waals surface area contributed by atoms with Crippen LogP contribution >= 0.6 is 0 Å². The van der Waals surface area contributed by atoms with Crippen LogP contribution in [0.25, 0.3) is 0 Å². The van der Waals surface area contributed by atoms with Gasteiger partial charge >= 0.3 is 0 Å². The van der Waals surface area contributed by atoms with Gasteiger partial charge in [-0.15, -0.1) is 0 Å². The van der Waals surface area contributed by atoms with Gasteiger partial charge in [-0.05, 0) is 117 Å². The van der Waals surface area contributed by atoms with E-state index in [1.54, 1.807) is 52.8 Å². The minimum atomic E-state index is -1.98. The molecular formula is C65H82O20. The number of aldehydes is 2. The molecule has 20 heteroatoms. The first-order valence-electron chi connectivity index (χ1n) is 29.3. The van der Waals surface area contributed by atoms with Crippen LogP contribution in [0.3, 0.4) is 0 Å². The average molecular weight is 1180 g/mol. The van der Waals surface area contributed by atoms with Crippen molar-refractivity contribution in [3.63, 3.8) is 0 Å². The molecule has 24 atom stereocenters. The molecule has 9 aliphatic rings. The predicted octanol–water partition coefficient (Wildman–Crippen LogP) is 2.53. The van der Waals surface area contributed by atoms with Crippen LogP contribution < -0.4 is 0 Å². The Morgan fingerprint density at radius 1 is 0.482 bits per heavy atom. The minimum absolute atomic E-state index is 0.0577. The highest BCUT2D eigenvalue weighted by atomic mass is 16.6. The lowest BCUT2D eigenvalue weighted by molar-refractivity contribution is -0.186. The van der Waals surface area contributed by atoms with Crippen molar-refractivity contribution in [3.05, 3.63) is 119 Å². The van der Waals surface area contributed by atoms with E-state index in [9.17, 15) is 65.4 Å². The summed E-state index contributed by atoms with van der Waals surface area (Å²) in [4.78, 5) is 85.4. The summed E-state index contributed by atoms with van der Waals surface area (Å²) in [6.07, 6.45) is 6.26. The van der Waals surface area contributed by atoms with Crippen molar-refractivity contribution in [1.29, 1.82) is 0 Å². The number of fused-ring (bicyclic) bond motifs is 4. The van der Waals surface area contributed by atoms with Gasteiger partial charge in [0.15, 0.2) is 48.3 Å². The number of aliphatic hydroxyl groups is 10. The fourth-order valence-corrected chi connectivity index (χ4v) is 15.5. The molecule has 462 valence electrons. The van der Waals surface area contributed by atoms with Crippen LogP contribution in [-0.4, -0.2) is 172 Å². The van der Waals surface area contributed by atoms with Crippen LogP contribution in [0, 0.1) is 69.5 Å². The maximum absolute atomic E-state index is 15.1. The van der Waals surface area contributed by atoms with E-state index in [1.807, 2.05) is 0 Å². The highest BCUT2D eigenvalue weighted by Crippen LogP contribution is 2.58. The number of Topliss-reactive ketones (excluding diaryl/α,β-unsaturated/α-hetero) is 4. The van der Waals surface area contributed by atoms with Gasteiger partial charge in [0.2, 0.25) is 0 Å². The van der Waals surface area contributed by atoms with Crippen molar-refractivity contribution in [2.24, 2.45) is 69.5 Å². The molecule has 0 unspecified atom stereocenters. The van der Waals surface area contributed by atoms with Crippen molar-refractivity contribution >= 4 is 35.7 Å². The van der Waals surface area contributed by atoms with Gasteiger partial charge in [-0.1, -0.05) is 113 Å². The minimum Gasteiger partial charge on any atom is -0.392 e.